The summed E-state index contributed by atoms with van der Waals surface area (Å²) in [6.45, 7) is 16.4. The Balaban J connectivity index is 2.11. The smallest absolute Gasteiger partial charge is 0.303 e. The number of ketones is 1. The summed E-state index contributed by atoms with van der Waals surface area (Å²) in [5, 5.41) is 0. The molecule has 1 aliphatic heterocycles. The molecule has 240 valence electrons. The van der Waals surface area contributed by atoms with Crippen LogP contribution in [0.15, 0.2) is 12.2 Å². The first-order valence-electron chi connectivity index (χ1n) is 15.0. The van der Waals surface area contributed by atoms with E-state index in [9.17, 15) is 24.0 Å². The van der Waals surface area contributed by atoms with Crippen LogP contribution in [0.2, 0.25) is 0 Å². The first kappa shape index (κ1) is 33.1. The summed E-state index contributed by atoms with van der Waals surface area (Å²) in [6, 6.07) is 0. The van der Waals surface area contributed by atoms with E-state index in [2.05, 4.69) is 0 Å². The Morgan fingerprint density at radius 1 is 1.02 bits per heavy atom. The van der Waals surface area contributed by atoms with Gasteiger partial charge >= 0.3 is 23.9 Å². The Morgan fingerprint density at radius 2 is 1.65 bits per heavy atom. The Kier molecular flexibility index (Phi) is 8.69. The highest BCUT2D eigenvalue weighted by Crippen LogP contribution is 2.68. The van der Waals surface area contributed by atoms with Crippen molar-refractivity contribution in [3.63, 3.8) is 0 Å². The molecule has 3 aliphatic carbocycles. The average Bonchev–Trinajstić information content (AvgIpc) is 3.29. The van der Waals surface area contributed by atoms with Crippen molar-refractivity contribution >= 4 is 29.7 Å². The predicted octanol–water partition coefficient (Wildman–Crippen LogP) is 3.35. The largest absolute Gasteiger partial charge is 0.461 e. The number of esters is 4. The van der Waals surface area contributed by atoms with Crippen molar-refractivity contribution in [1.29, 1.82) is 0 Å². The molecular formula is C32H46O11. The first-order valence-corrected chi connectivity index (χ1v) is 15.0. The lowest BCUT2D eigenvalue weighted by Crippen LogP contribution is -2.64. The van der Waals surface area contributed by atoms with Gasteiger partial charge in [0.15, 0.2) is 17.5 Å². The zero-order chi connectivity index (χ0) is 32.3. The third-order valence-corrected chi connectivity index (χ3v) is 9.73. The normalized spacial score (nSPS) is 39.9. The molecule has 4 rings (SSSR count). The number of carbonyl (C=O) groups is 5. The molecule has 0 aromatic heterocycles. The molecule has 11 heteroatoms. The van der Waals surface area contributed by atoms with Crippen LogP contribution in [0, 0.1) is 35.0 Å². The minimum atomic E-state index is -1.59. The molecule has 0 radical (unpaired) electrons. The van der Waals surface area contributed by atoms with Gasteiger partial charge < -0.3 is 28.4 Å². The van der Waals surface area contributed by atoms with Crippen molar-refractivity contribution in [1.82, 2.24) is 0 Å². The van der Waals surface area contributed by atoms with Crippen LogP contribution >= 0.6 is 0 Å². The third-order valence-electron chi connectivity index (χ3n) is 9.73. The molecule has 4 aliphatic rings. The van der Waals surface area contributed by atoms with Crippen molar-refractivity contribution in [3.05, 3.63) is 12.2 Å². The highest BCUT2D eigenvalue weighted by molar-refractivity contribution is 5.98. The van der Waals surface area contributed by atoms with Crippen molar-refractivity contribution in [2.45, 2.75) is 111 Å². The zero-order valence-corrected chi connectivity index (χ0v) is 26.9. The lowest BCUT2D eigenvalue weighted by Gasteiger charge is -2.50. The minimum absolute atomic E-state index is 0.148. The van der Waals surface area contributed by atoms with Crippen LogP contribution in [0.4, 0.5) is 0 Å². The molecule has 1 heterocycles. The standard InChI is InChI=1S/C32H46O11/c1-16(2)14-38-25-17(3)13-32(43-21(7)36)24(25)27(40-18(4)33)31-15-39-30(10,28(32)41-19(5)34)26(31)22(11-12-23(31)37)29(8,9)42-20(6)35/h11-12,16-17,22,24-28H,13-15H2,1-10H3/t17-,22?,24+,25-,26-,27+,28-,30+,31+,32+/m0/s1. The van der Waals surface area contributed by atoms with Crippen molar-refractivity contribution in [2.24, 2.45) is 35.0 Å². The predicted molar refractivity (Wildman–Crippen MR) is 151 cm³/mol. The van der Waals surface area contributed by atoms with E-state index in [1.54, 1.807) is 26.8 Å². The van der Waals surface area contributed by atoms with Gasteiger partial charge in [-0.05, 0) is 45.1 Å². The van der Waals surface area contributed by atoms with Gasteiger partial charge in [0.2, 0.25) is 0 Å². The maximum Gasteiger partial charge on any atom is 0.303 e. The summed E-state index contributed by atoms with van der Waals surface area (Å²) in [7, 11) is 0. The second kappa shape index (κ2) is 11.3. The van der Waals surface area contributed by atoms with E-state index in [1.807, 2.05) is 20.8 Å². The fourth-order valence-electron chi connectivity index (χ4n) is 8.68. The van der Waals surface area contributed by atoms with Gasteiger partial charge in [0.25, 0.3) is 0 Å². The van der Waals surface area contributed by atoms with Gasteiger partial charge in [-0.1, -0.05) is 26.8 Å². The van der Waals surface area contributed by atoms with Crippen LogP contribution in [0.25, 0.3) is 0 Å². The fourth-order valence-corrected chi connectivity index (χ4v) is 8.68. The van der Waals surface area contributed by atoms with E-state index in [0.717, 1.165) is 0 Å². The number of allylic oxidation sites excluding steroid dienone is 1. The molecule has 2 bridgehead atoms. The summed E-state index contributed by atoms with van der Waals surface area (Å²) in [6.07, 6.45) is 0.236. The topological polar surface area (TPSA) is 141 Å². The minimum Gasteiger partial charge on any atom is -0.461 e. The molecule has 10 atom stereocenters. The zero-order valence-electron chi connectivity index (χ0n) is 26.9. The van der Waals surface area contributed by atoms with Crippen LogP contribution in [0.5, 0.6) is 0 Å². The third kappa shape index (κ3) is 5.30. The van der Waals surface area contributed by atoms with Gasteiger partial charge in [-0.25, -0.2) is 0 Å². The molecule has 0 aromatic carbocycles. The Labute approximate surface area is 253 Å². The first-order chi connectivity index (χ1) is 19.8. The lowest BCUT2D eigenvalue weighted by atomic mass is 9.54. The molecule has 0 N–H and O–H groups in total. The molecule has 43 heavy (non-hydrogen) atoms. The molecule has 0 spiro atoms. The van der Waals surface area contributed by atoms with Gasteiger partial charge in [-0.3, -0.25) is 24.0 Å². The summed E-state index contributed by atoms with van der Waals surface area (Å²) >= 11 is 0. The summed E-state index contributed by atoms with van der Waals surface area (Å²) in [5.74, 6) is -5.28. The fraction of sp³-hybridized carbons (Fsp3) is 0.781. The van der Waals surface area contributed by atoms with Crippen molar-refractivity contribution < 1.29 is 52.4 Å². The van der Waals surface area contributed by atoms with Crippen LogP contribution in [0.3, 0.4) is 0 Å². The van der Waals surface area contributed by atoms with Gasteiger partial charge in [0.1, 0.15) is 22.7 Å². The molecule has 1 saturated heterocycles. The molecule has 11 nitrogen and oxygen atoms in total. The molecule has 1 unspecified atom stereocenters. The van der Waals surface area contributed by atoms with Crippen molar-refractivity contribution in [3.8, 4) is 0 Å². The lowest BCUT2D eigenvalue weighted by molar-refractivity contribution is -0.245. The van der Waals surface area contributed by atoms with Gasteiger partial charge in [0, 0.05) is 46.1 Å². The summed E-state index contributed by atoms with van der Waals surface area (Å²) in [5.41, 5.74) is -5.71. The van der Waals surface area contributed by atoms with Crippen LogP contribution in [0.1, 0.15) is 75.7 Å². The maximum absolute atomic E-state index is 14.4. The molecule has 0 aromatic rings. The average molecular weight is 607 g/mol. The quantitative estimate of drug-likeness (QED) is 0.297. The number of hydrogen-bond donors (Lipinski definition) is 0. The summed E-state index contributed by atoms with van der Waals surface area (Å²) < 4.78 is 37.5. The monoisotopic (exact) mass is 606 g/mol. The highest BCUT2D eigenvalue weighted by atomic mass is 16.6. The van der Waals surface area contributed by atoms with Gasteiger partial charge in [0.05, 0.1) is 18.6 Å². The summed E-state index contributed by atoms with van der Waals surface area (Å²) in [4.78, 5) is 65.3. The van der Waals surface area contributed by atoms with E-state index in [-0.39, 0.29) is 30.6 Å². The van der Waals surface area contributed by atoms with E-state index in [1.165, 1.54) is 33.8 Å². The Hall–Kier alpha value is -2.79. The molecular weight excluding hydrogens is 560 g/mol. The SMILES string of the molecule is CC(=O)O[C@@H]1[C@H]2[C@@H](OCC(C)C)[C@@H](C)C[C@]2(OC(C)=O)[C@@H](OC(C)=O)[C@]2(C)OC[C@]13C(=O)C=CC(C(C)(C)OC(C)=O)[C@@H]23. The van der Waals surface area contributed by atoms with Crippen LogP contribution in [-0.4, -0.2) is 78.0 Å². The second-order valence-electron chi connectivity index (χ2n) is 13.9. The van der Waals surface area contributed by atoms with E-state index >= 15 is 0 Å². The van der Waals surface area contributed by atoms with E-state index in [0.29, 0.717) is 6.61 Å². The van der Waals surface area contributed by atoms with E-state index in [4.69, 9.17) is 28.4 Å². The van der Waals surface area contributed by atoms with E-state index < -0.39 is 82.2 Å². The Morgan fingerprint density at radius 3 is 2.19 bits per heavy atom. The van der Waals surface area contributed by atoms with Crippen molar-refractivity contribution in [2.75, 3.05) is 13.2 Å². The number of ether oxygens (including phenoxy) is 6. The number of rotatable bonds is 8. The number of fused-ring (bicyclic) bond motifs is 1. The number of hydrogen-bond acceptors (Lipinski definition) is 11. The van der Waals surface area contributed by atoms with Gasteiger partial charge in [-0.15, -0.1) is 0 Å². The highest BCUT2D eigenvalue weighted by Gasteiger charge is 2.82. The van der Waals surface area contributed by atoms with Crippen LogP contribution < -0.4 is 0 Å². The molecule has 0 amide bonds. The Bertz CT molecular complexity index is 1210. The second-order valence-corrected chi connectivity index (χ2v) is 13.9. The van der Waals surface area contributed by atoms with Crippen LogP contribution in [-0.2, 0) is 52.4 Å². The molecule has 2 saturated carbocycles. The molecule has 3 fully saturated rings. The maximum atomic E-state index is 14.4. The number of carbonyl (C=O) groups excluding carboxylic acids is 5. The van der Waals surface area contributed by atoms with Gasteiger partial charge in [-0.2, -0.15) is 0 Å².